The number of aliphatic hydroxyl groups excluding tert-OH is 1. The highest BCUT2D eigenvalue weighted by atomic mass is 16.6. The zero-order valence-corrected chi connectivity index (χ0v) is 12.5. The minimum Gasteiger partial charge on any atom is -0.467 e. The molecule has 23 heavy (non-hydrogen) atoms. The van der Waals surface area contributed by atoms with Crippen LogP contribution in [-0.4, -0.2) is 30.3 Å². The maximum Gasteiger partial charge on any atom is 0.413 e. The highest BCUT2D eigenvalue weighted by molar-refractivity contribution is 5.82. The minimum absolute atomic E-state index is 0.322. The number of hydrogen-bond acceptors (Lipinski definition) is 5. The number of esters is 1. The molecule has 0 spiro atoms. The molecule has 0 aromatic heterocycles. The first kappa shape index (κ1) is 16.5. The number of para-hydroxylation sites is 1. The Hall–Kier alpha value is -2.86. The summed E-state index contributed by atoms with van der Waals surface area (Å²) in [6.07, 6.45) is -2.12. The van der Waals surface area contributed by atoms with Gasteiger partial charge in [0.2, 0.25) is 0 Å². The summed E-state index contributed by atoms with van der Waals surface area (Å²) in [5.74, 6) is -0.450. The van der Waals surface area contributed by atoms with Crippen LogP contribution in [0.15, 0.2) is 60.7 Å². The van der Waals surface area contributed by atoms with Crippen LogP contribution in [0.4, 0.5) is 4.79 Å². The number of hydrogen-bond donors (Lipinski definition) is 2. The molecular weight excluding hydrogens is 298 g/mol. The summed E-state index contributed by atoms with van der Waals surface area (Å²) in [6, 6.07) is 15.6. The summed E-state index contributed by atoms with van der Waals surface area (Å²) < 4.78 is 9.69. The van der Waals surface area contributed by atoms with Crippen LogP contribution >= 0.6 is 0 Å². The molecule has 1 amide bonds. The normalized spacial score (nSPS) is 12.8. The smallest absolute Gasteiger partial charge is 0.413 e. The quantitative estimate of drug-likeness (QED) is 0.825. The van der Waals surface area contributed by atoms with Gasteiger partial charge in [0, 0.05) is 0 Å². The van der Waals surface area contributed by atoms with Crippen molar-refractivity contribution in [3.8, 4) is 5.75 Å². The molecule has 0 unspecified atom stereocenters. The van der Waals surface area contributed by atoms with Crippen LogP contribution in [-0.2, 0) is 9.53 Å². The number of carbonyl (C=O) groups is 2. The number of benzene rings is 2. The number of aliphatic hydroxyl groups is 1. The van der Waals surface area contributed by atoms with E-state index in [1.165, 1.54) is 7.11 Å². The van der Waals surface area contributed by atoms with E-state index in [-0.39, 0.29) is 0 Å². The first-order valence-electron chi connectivity index (χ1n) is 6.96. The Morgan fingerprint density at radius 3 is 2.13 bits per heavy atom. The van der Waals surface area contributed by atoms with Crippen molar-refractivity contribution < 1.29 is 24.2 Å². The molecule has 6 heteroatoms. The van der Waals surface area contributed by atoms with Gasteiger partial charge in [-0.25, -0.2) is 9.59 Å². The van der Waals surface area contributed by atoms with Crippen LogP contribution in [0.3, 0.4) is 0 Å². The third kappa shape index (κ3) is 4.55. The van der Waals surface area contributed by atoms with Crippen molar-refractivity contribution in [3.05, 3.63) is 66.2 Å². The van der Waals surface area contributed by atoms with Gasteiger partial charge in [-0.05, 0) is 17.7 Å². The summed E-state index contributed by atoms with van der Waals surface area (Å²) in [5, 5.41) is 12.7. The molecule has 0 bridgehead atoms. The van der Waals surface area contributed by atoms with E-state index in [0.717, 1.165) is 0 Å². The van der Waals surface area contributed by atoms with E-state index in [1.807, 2.05) is 0 Å². The lowest BCUT2D eigenvalue weighted by Crippen LogP contribution is -2.46. The van der Waals surface area contributed by atoms with Gasteiger partial charge < -0.3 is 19.9 Å². The Kier molecular flexibility index (Phi) is 5.71. The molecule has 2 rings (SSSR count). The van der Waals surface area contributed by atoms with Crippen molar-refractivity contribution in [2.24, 2.45) is 0 Å². The van der Waals surface area contributed by atoms with Gasteiger partial charge in [-0.1, -0.05) is 48.5 Å². The predicted octanol–water partition coefficient (Wildman–Crippen LogP) is 2.05. The van der Waals surface area contributed by atoms with Gasteiger partial charge in [-0.15, -0.1) is 0 Å². The number of rotatable bonds is 5. The fourth-order valence-corrected chi connectivity index (χ4v) is 1.99. The molecule has 0 aliphatic carbocycles. The Morgan fingerprint density at radius 1 is 1.00 bits per heavy atom. The summed E-state index contributed by atoms with van der Waals surface area (Å²) in [5.41, 5.74) is 0.475. The molecular formula is C17H17NO5. The van der Waals surface area contributed by atoms with Crippen molar-refractivity contribution >= 4 is 12.1 Å². The van der Waals surface area contributed by atoms with E-state index in [9.17, 15) is 14.7 Å². The Balaban J connectivity index is 2.09. The second kappa shape index (κ2) is 7.95. The zero-order valence-electron chi connectivity index (χ0n) is 12.5. The van der Waals surface area contributed by atoms with E-state index < -0.39 is 24.2 Å². The molecule has 2 aromatic carbocycles. The van der Waals surface area contributed by atoms with E-state index in [4.69, 9.17) is 4.74 Å². The lowest BCUT2D eigenvalue weighted by atomic mass is 10.0. The molecule has 0 fully saturated rings. The molecule has 0 aliphatic rings. The summed E-state index contributed by atoms with van der Waals surface area (Å²) >= 11 is 0. The van der Waals surface area contributed by atoms with Gasteiger partial charge in [-0.2, -0.15) is 0 Å². The van der Waals surface area contributed by atoms with Gasteiger partial charge >= 0.3 is 12.1 Å². The first-order chi connectivity index (χ1) is 11.1. The molecule has 0 saturated heterocycles. The largest absolute Gasteiger partial charge is 0.467 e. The van der Waals surface area contributed by atoms with Crippen LogP contribution in [0.5, 0.6) is 5.75 Å². The Morgan fingerprint density at radius 2 is 1.57 bits per heavy atom. The van der Waals surface area contributed by atoms with Gasteiger partial charge in [0.15, 0.2) is 6.04 Å². The standard InChI is InChI=1S/C17H17NO5/c1-22-16(20)14(15(19)12-8-4-2-5-9-12)18-17(21)23-13-10-6-3-7-11-13/h2-11,14-15,19H,1H3,(H,18,21)/t14-,15+/m0/s1. The molecule has 120 valence electrons. The molecule has 2 aromatic rings. The van der Waals surface area contributed by atoms with Crippen LogP contribution in [0.2, 0.25) is 0 Å². The Labute approximate surface area is 133 Å². The number of methoxy groups -OCH3 is 1. The fraction of sp³-hybridized carbons (Fsp3) is 0.176. The molecule has 0 saturated carbocycles. The number of carbonyl (C=O) groups excluding carboxylic acids is 2. The maximum absolute atomic E-state index is 11.9. The number of amides is 1. The van der Waals surface area contributed by atoms with E-state index in [2.05, 4.69) is 10.1 Å². The molecule has 0 aliphatic heterocycles. The van der Waals surface area contributed by atoms with Gasteiger partial charge in [0.1, 0.15) is 11.9 Å². The SMILES string of the molecule is COC(=O)[C@@H](NC(=O)Oc1ccccc1)[C@H](O)c1ccccc1. The van der Waals surface area contributed by atoms with Crippen LogP contribution < -0.4 is 10.1 Å². The van der Waals surface area contributed by atoms with Gasteiger partial charge in [0.25, 0.3) is 0 Å². The number of ether oxygens (including phenoxy) is 2. The van der Waals surface area contributed by atoms with E-state index >= 15 is 0 Å². The van der Waals surface area contributed by atoms with Crippen molar-refractivity contribution in [3.63, 3.8) is 0 Å². The topological polar surface area (TPSA) is 84.9 Å². The third-order valence-corrected chi connectivity index (χ3v) is 3.14. The highest BCUT2D eigenvalue weighted by Crippen LogP contribution is 2.18. The van der Waals surface area contributed by atoms with Crippen molar-refractivity contribution in [1.29, 1.82) is 0 Å². The lowest BCUT2D eigenvalue weighted by molar-refractivity contribution is -0.146. The summed E-state index contributed by atoms with van der Waals surface area (Å²) in [4.78, 5) is 23.8. The fourth-order valence-electron chi connectivity index (χ4n) is 1.99. The maximum atomic E-state index is 11.9. The van der Waals surface area contributed by atoms with E-state index in [1.54, 1.807) is 60.7 Å². The second-order valence-corrected chi connectivity index (χ2v) is 4.70. The van der Waals surface area contributed by atoms with Crippen LogP contribution in [0.25, 0.3) is 0 Å². The third-order valence-electron chi connectivity index (χ3n) is 3.14. The molecule has 2 atom stereocenters. The van der Waals surface area contributed by atoms with Crippen LogP contribution in [0, 0.1) is 0 Å². The zero-order chi connectivity index (χ0) is 16.7. The van der Waals surface area contributed by atoms with Crippen molar-refractivity contribution in [2.45, 2.75) is 12.1 Å². The molecule has 2 N–H and O–H groups in total. The second-order valence-electron chi connectivity index (χ2n) is 4.70. The average Bonchev–Trinajstić information content (AvgIpc) is 2.60. The minimum atomic E-state index is -1.28. The highest BCUT2D eigenvalue weighted by Gasteiger charge is 2.31. The number of nitrogens with one attached hydrogen (secondary N) is 1. The van der Waals surface area contributed by atoms with Crippen molar-refractivity contribution in [1.82, 2.24) is 5.32 Å². The summed E-state index contributed by atoms with van der Waals surface area (Å²) in [6.45, 7) is 0. The molecule has 0 radical (unpaired) electrons. The monoisotopic (exact) mass is 315 g/mol. The summed E-state index contributed by atoms with van der Waals surface area (Å²) in [7, 11) is 1.18. The predicted molar refractivity (Wildman–Crippen MR) is 82.8 cm³/mol. The average molecular weight is 315 g/mol. The first-order valence-corrected chi connectivity index (χ1v) is 6.96. The van der Waals surface area contributed by atoms with E-state index in [0.29, 0.717) is 11.3 Å². The van der Waals surface area contributed by atoms with Gasteiger partial charge in [0.05, 0.1) is 7.11 Å². The molecule has 0 heterocycles. The van der Waals surface area contributed by atoms with Crippen LogP contribution in [0.1, 0.15) is 11.7 Å². The Bertz CT molecular complexity index is 645. The lowest BCUT2D eigenvalue weighted by Gasteiger charge is -2.21. The van der Waals surface area contributed by atoms with Crippen molar-refractivity contribution in [2.75, 3.05) is 7.11 Å². The molecule has 6 nitrogen and oxygen atoms in total. The van der Waals surface area contributed by atoms with Gasteiger partial charge in [-0.3, -0.25) is 0 Å².